The van der Waals surface area contributed by atoms with Crippen LogP contribution in [0.3, 0.4) is 0 Å². The van der Waals surface area contributed by atoms with Crippen LogP contribution in [0, 0.1) is 0 Å². The quantitative estimate of drug-likeness (QED) is 0.643. The topological polar surface area (TPSA) is 35.0 Å². The van der Waals surface area contributed by atoms with Gasteiger partial charge in [0.05, 0.1) is 19.6 Å². The minimum Gasteiger partial charge on any atom is -0.344 e. The lowest BCUT2D eigenvalue weighted by Crippen LogP contribution is -2.46. The van der Waals surface area contributed by atoms with Crippen LogP contribution in [-0.2, 0) is 6.54 Å². The van der Waals surface area contributed by atoms with Gasteiger partial charge in [-0.1, -0.05) is 30.3 Å². The average molecular weight is 337 g/mol. The normalized spacial score (nSPS) is 10.2. The standard InChI is InChI=1S/C13H22N.HI.H3N/c1-4-14(5-2,6-3)12-13-10-8-7-9-11-13;;/h7-11H,4-6,12H2,1-3H3;1H;1H3/q+1;;. The molecule has 0 heterocycles. The molecule has 3 N–H and O–H groups in total. The third-order valence-corrected chi connectivity index (χ3v) is 3.37. The van der Waals surface area contributed by atoms with E-state index in [1.165, 1.54) is 36.2 Å². The highest BCUT2D eigenvalue weighted by atomic mass is 127. The first-order valence-electron chi connectivity index (χ1n) is 5.65. The van der Waals surface area contributed by atoms with Crippen LogP contribution in [0.4, 0.5) is 0 Å². The zero-order valence-electron chi connectivity index (χ0n) is 10.8. The van der Waals surface area contributed by atoms with Gasteiger partial charge in [0.25, 0.3) is 0 Å². The van der Waals surface area contributed by atoms with Gasteiger partial charge in [0.15, 0.2) is 0 Å². The monoisotopic (exact) mass is 337 g/mol. The molecule has 0 aliphatic heterocycles. The molecule has 1 rings (SSSR count). The molecule has 0 amide bonds. The molecule has 3 heteroatoms. The van der Waals surface area contributed by atoms with Crippen molar-refractivity contribution >= 4 is 24.0 Å². The Hall–Kier alpha value is -0.130. The first-order chi connectivity index (χ1) is 6.76. The predicted octanol–water partition coefficient (Wildman–Crippen LogP) is 3.84. The van der Waals surface area contributed by atoms with E-state index in [1.807, 2.05) is 0 Å². The molecule has 0 radical (unpaired) electrons. The van der Waals surface area contributed by atoms with Gasteiger partial charge in [0.2, 0.25) is 0 Å². The molecule has 0 unspecified atom stereocenters. The van der Waals surface area contributed by atoms with Gasteiger partial charge in [0.1, 0.15) is 6.54 Å². The number of hydrogen-bond acceptors (Lipinski definition) is 1. The van der Waals surface area contributed by atoms with E-state index in [4.69, 9.17) is 0 Å². The van der Waals surface area contributed by atoms with Crippen molar-refractivity contribution in [3.8, 4) is 0 Å². The van der Waals surface area contributed by atoms with E-state index in [0.717, 1.165) is 0 Å². The molecule has 0 fully saturated rings. The molecule has 0 aliphatic carbocycles. The molecular formula is C13H26IN2+. The summed E-state index contributed by atoms with van der Waals surface area (Å²) in [5.41, 5.74) is 1.46. The molecule has 0 spiro atoms. The third-order valence-electron chi connectivity index (χ3n) is 3.37. The van der Waals surface area contributed by atoms with E-state index >= 15 is 0 Å². The second kappa shape index (κ2) is 8.96. The van der Waals surface area contributed by atoms with Gasteiger partial charge in [-0.05, 0) is 20.8 Å². The molecule has 0 aliphatic rings. The van der Waals surface area contributed by atoms with Crippen molar-refractivity contribution in [2.75, 3.05) is 19.6 Å². The number of halogens is 1. The van der Waals surface area contributed by atoms with Crippen molar-refractivity contribution in [2.24, 2.45) is 0 Å². The van der Waals surface area contributed by atoms with Crippen molar-refractivity contribution in [3.63, 3.8) is 0 Å². The molecule has 1 aromatic carbocycles. The smallest absolute Gasteiger partial charge is 0.104 e. The molecule has 0 bridgehead atoms. The van der Waals surface area contributed by atoms with Crippen molar-refractivity contribution in [1.29, 1.82) is 0 Å². The molecule has 94 valence electrons. The van der Waals surface area contributed by atoms with E-state index < -0.39 is 0 Å². The Kier molecular flexibility index (Phi) is 10.2. The number of hydrogen-bond donors (Lipinski definition) is 1. The highest BCUT2D eigenvalue weighted by Gasteiger charge is 2.20. The van der Waals surface area contributed by atoms with Crippen LogP contribution in [0.2, 0.25) is 0 Å². The van der Waals surface area contributed by atoms with Gasteiger partial charge in [-0.15, -0.1) is 24.0 Å². The summed E-state index contributed by atoms with van der Waals surface area (Å²) < 4.78 is 1.20. The second-order valence-electron chi connectivity index (χ2n) is 3.93. The van der Waals surface area contributed by atoms with Crippen LogP contribution in [0.15, 0.2) is 30.3 Å². The number of quaternary nitrogens is 1. The van der Waals surface area contributed by atoms with Crippen LogP contribution in [0.5, 0.6) is 0 Å². The Balaban J connectivity index is 0. The molecule has 1 aromatic rings. The van der Waals surface area contributed by atoms with Crippen LogP contribution in [-0.4, -0.2) is 24.1 Å². The minimum atomic E-state index is 0. The summed E-state index contributed by atoms with van der Waals surface area (Å²) >= 11 is 0. The van der Waals surface area contributed by atoms with Crippen molar-refractivity contribution in [2.45, 2.75) is 27.3 Å². The van der Waals surface area contributed by atoms with Gasteiger partial charge in [-0.25, -0.2) is 0 Å². The number of benzene rings is 1. The fourth-order valence-electron chi connectivity index (χ4n) is 1.98. The summed E-state index contributed by atoms with van der Waals surface area (Å²) in [6.07, 6.45) is 0. The summed E-state index contributed by atoms with van der Waals surface area (Å²) in [6.45, 7) is 11.7. The first kappa shape index (κ1) is 18.2. The summed E-state index contributed by atoms with van der Waals surface area (Å²) in [6, 6.07) is 10.8. The van der Waals surface area contributed by atoms with Gasteiger partial charge in [-0.3, -0.25) is 0 Å². The van der Waals surface area contributed by atoms with Gasteiger partial charge in [-0.2, -0.15) is 0 Å². The van der Waals surface area contributed by atoms with E-state index in [9.17, 15) is 0 Å². The first-order valence-corrected chi connectivity index (χ1v) is 5.65. The van der Waals surface area contributed by atoms with Gasteiger partial charge < -0.3 is 10.6 Å². The maximum Gasteiger partial charge on any atom is 0.104 e. The van der Waals surface area contributed by atoms with E-state index in [-0.39, 0.29) is 30.1 Å². The zero-order valence-corrected chi connectivity index (χ0v) is 13.1. The van der Waals surface area contributed by atoms with Crippen LogP contribution in [0.1, 0.15) is 26.3 Å². The maximum atomic E-state index is 2.29. The Morgan fingerprint density at radius 1 is 0.875 bits per heavy atom. The predicted molar refractivity (Wildman–Crippen MR) is 82.5 cm³/mol. The fraction of sp³-hybridized carbons (Fsp3) is 0.538. The Bertz CT molecular complexity index is 250. The van der Waals surface area contributed by atoms with Crippen LogP contribution in [0.25, 0.3) is 0 Å². The lowest BCUT2D eigenvalue weighted by Gasteiger charge is -2.35. The van der Waals surface area contributed by atoms with E-state index in [1.54, 1.807) is 0 Å². The highest BCUT2D eigenvalue weighted by Crippen LogP contribution is 2.13. The summed E-state index contributed by atoms with van der Waals surface area (Å²) in [4.78, 5) is 0. The molecule has 0 aromatic heterocycles. The van der Waals surface area contributed by atoms with E-state index in [2.05, 4.69) is 51.1 Å². The highest BCUT2D eigenvalue weighted by molar-refractivity contribution is 14.0. The third kappa shape index (κ3) is 4.80. The Morgan fingerprint density at radius 3 is 1.69 bits per heavy atom. The number of rotatable bonds is 5. The van der Waals surface area contributed by atoms with Crippen molar-refractivity contribution in [3.05, 3.63) is 35.9 Å². The molecule has 0 atom stereocenters. The largest absolute Gasteiger partial charge is 0.344 e. The molecule has 2 nitrogen and oxygen atoms in total. The Morgan fingerprint density at radius 2 is 1.31 bits per heavy atom. The van der Waals surface area contributed by atoms with Crippen molar-refractivity contribution in [1.82, 2.24) is 6.15 Å². The molecular weight excluding hydrogens is 311 g/mol. The molecule has 16 heavy (non-hydrogen) atoms. The lowest BCUT2D eigenvalue weighted by molar-refractivity contribution is -0.936. The summed E-state index contributed by atoms with van der Waals surface area (Å²) in [7, 11) is 0. The Labute approximate surface area is 117 Å². The number of nitrogens with zero attached hydrogens (tertiary/aromatic N) is 1. The van der Waals surface area contributed by atoms with Crippen LogP contribution < -0.4 is 6.15 Å². The van der Waals surface area contributed by atoms with Gasteiger partial charge >= 0.3 is 0 Å². The van der Waals surface area contributed by atoms with Crippen LogP contribution >= 0.6 is 24.0 Å². The van der Waals surface area contributed by atoms with Crippen molar-refractivity contribution < 1.29 is 4.48 Å². The zero-order chi connectivity index (χ0) is 10.4. The minimum absolute atomic E-state index is 0. The second-order valence-corrected chi connectivity index (χ2v) is 3.93. The SMILES string of the molecule is CC[N+](CC)(CC)Cc1ccccc1.I.N. The lowest BCUT2D eigenvalue weighted by atomic mass is 10.2. The molecule has 0 saturated carbocycles. The maximum absolute atomic E-state index is 2.29. The summed E-state index contributed by atoms with van der Waals surface area (Å²) in [5.74, 6) is 0. The molecule has 0 saturated heterocycles. The fourth-order valence-corrected chi connectivity index (χ4v) is 1.98. The summed E-state index contributed by atoms with van der Waals surface area (Å²) in [5, 5.41) is 0. The van der Waals surface area contributed by atoms with E-state index in [0.29, 0.717) is 0 Å². The average Bonchev–Trinajstić information content (AvgIpc) is 2.28. The van der Waals surface area contributed by atoms with Gasteiger partial charge in [0, 0.05) is 5.56 Å².